The number of piperidine rings is 1. The maximum Gasteiger partial charge on any atom is 0.407 e. The fourth-order valence-electron chi connectivity index (χ4n) is 3.07. The molecule has 20 heavy (non-hydrogen) atoms. The molecule has 2 N–H and O–H groups in total. The topological polar surface area (TPSA) is 70.0 Å². The van der Waals surface area contributed by atoms with Crippen LogP contribution in [0.4, 0.5) is 4.79 Å². The molecule has 5 nitrogen and oxygen atoms in total. The van der Waals surface area contributed by atoms with E-state index in [4.69, 9.17) is 21.4 Å². The lowest BCUT2D eigenvalue weighted by Gasteiger charge is -2.45. The monoisotopic (exact) mass is 297 g/mol. The molecule has 1 saturated heterocycles. The van der Waals surface area contributed by atoms with Crippen LogP contribution in [0.3, 0.4) is 0 Å². The summed E-state index contributed by atoms with van der Waals surface area (Å²) in [5, 5.41) is 19.8. The fraction of sp³-hybridized carbons (Fsp3) is 0.500. The molecule has 1 fully saturated rings. The van der Waals surface area contributed by atoms with Crippen molar-refractivity contribution >= 4 is 17.7 Å². The van der Waals surface area contributed by atoms with Gasteiger partial charge in [0, 0.05) is 37.9 Å². The van der Waals surface area contributed by atoms with Crippen molar-refractivity contribution in [1.29, 1.82) is 0 Å². The van der Waals surface area contributed by atoms with E-state index >= 15 is 0 Å². The van der Waals surface area contributed by atoms with Crippen LogP contribution < -0.4 is 4.74 Å². The summed E-state index contributed by atoms with van der Waals surface area (Å²) in [6.45, 7) is 0.857. The predicted molar refractivity (Wildman–Crippen MR) is 73.2 cm³/mol. The summed E-state index contributed by atoms with van der Waals surface area (Å²) in [4.78, 5) is 12.3. The zero-order chi connectivity index (χ0) is 14.3. The molecule has 2 aliphatic rings. The third-order valence-electron chi connectivity index (χ3n) is 4.18. The highest BCUT2D eigenvalue weighted by Gasteiger charge is 2.44. The molecule has 2 heterocycles. The maximum absolute atomic E-state index is 11.0. The minimum atomic E-state index is -0.903. The van der Waals surface area contributed by atoms with E-state index < -0.39 is 17.8 Å². The maximum atomic E-state index is 11.0. The number of halogens is 1. The van der Waals surface area contributed by atoms with Crippen LogP contribution in [0.1, 0.15) is 30.9 Å². The quantitative estimate of drug-likeness (QED) is 0.772. The van der Waals surface area contributed by atoms with E-state index in [9.17, 15) is 9.90 Å². The van der Waals surface area contributed by atoms with Gasteiger partial charge in [-0.3, -0.25) is 0 Å². The average molecular weight is 298 g/mol. The van der Waals surface area contributed by atoms with Crippen LogP contribution >= 0.6 is 11.6 Å². The first kappa shape index (κ1) is 13.5. The Hall–Kier alpha value is -1.46. The fourth-order valence-corrected chi connectivity index (χ4v) is 3.36. The van der Waals surface area contributed by atoms with Gasteiger partial charge in [-0.25, -0.2) is 4.79 Å². The molecular weight excluding hydrogens is 282 g/mol. The molecule has 0 aromatic heterocycles. The molecule has 0 aliphatic carbocycles. The number of amides is 1. The van der Waals surface area contributed by atoms with Crippen LogP contribution in [-0.2, 0) is 0 Å². The Bertz CT molecular complexity index is 540. The number of hydrogen-bond donors (Lipinski definition) is 2. The number of rotatable bonds is 0. The Kier molecular flexibility index (Phi) is 3.26. The minimum absolute atomic E-state index is 0.429. The van der Waals surface area contributed by atoms with Gasteiger partial charge >= 0.3 is 6.09 Å². The normalized spacial score (nSPS) is 24.1. The summed E-state index contributed by atoms with van der Waals surface area (Å²) in [5.74, 6) is 0.611. The standard InChI is InChI=1S/C14H16ClNO4/c15-9-2-1-3-11-12(9)10(17)8-14(20-11)4-6-16(7-5-14)13(18)19/h1-3,10,17H,4-8H2,(H,18,19). The molecule has 108 valence electrons. The second kappa shape index (κ2) is 4.82. The van der Waals surface area contributed by atoms with Gasteiger partial charge in [0.1, 0.15) is 11.4 Å². The van der Waals surface area contributed by atoms with Gasteiger partial charge in [0.2, 0.25) is 0 Å². The lowest BCUT2D eigenvalue weighted by molar-refractivity contribution is -0.0501. The van der Waals surface area contributed by atoms with Crippen LogP contribution in [0.15, 0.2) is 18.2 Å². The molecule has 0 saturated carbocycles. The third kappa shape index (κ3) is 2.21. The molecule has 1 atom stereocenters. The van der Waals surface area contributed by atoms with Gasteiger partial charge in [-0.1, -0.05) is 17.7 Å². The number of aliphatic hydroxyl groups is 1. The first-order chi connectivity index (χ1) is 9.51. The second-order valence-electron chi connectivity index (χ2n) is 5.43. The number of benzene rings is 1. The Labute approximate surface area is 121 Å². The van der Waals surface area contributed by atoms with E-state index in [0.29, 0.717) is 48.7 Å². The number of carboxylic acid groups (broad SMARTS) is 1. The highest BCUT2D eigenvalue weighted by atomic mass is 35.5. The first-order valence-corrected chi connectivity index (χ1v) is 7.02. The molecule has 1 spiro atoms. The SMILES string of the molecule is O=C(O)N1CCC2(CC1)CC(O)c1c(Cl)cccc1O2. The Morgan fingerprint density at radius 1 is 1.40 bits per heavy atom. The van der Waals surface area contributed by atoms with Gasteiger partial charge < -0.3 is 19.8 Å². The van der Waals surface area contributed by atoms with Gasteiger partial charge in [-0.05, 0) is 12.1 Å². The van der Waals surface area contributed by atoms with Crippen molar-refractivity contribution in [1.82, 2.24) is 4.90 Å². The third-order valence-corrected chi connectivity index (χ3v) is 4.51. The summed E-state index contributed by atoms with van der Waals surface area (Å²) in [5.41, 5.74) is 0.156. The largest absolute Gasteiger partial charge is 0.487 e. The second-order valence-corrected chi connectivity index (χ2v) is 5.83. The van der Waals surface area contributed by atoms with E-state index in [1.807, 2.05) is 0 Å². The van der Waals surface area contributed by atoms with Gasteiger partial charge in [0.05, 0.1) is 11.1 Å². The minimum Gasteiger partial charge on any atom is -0.487 e. The number of aliphatic hydroxyl groups excluding tert-OH is 1. The molecule has 0 bridgehead atoms. The van der Waals surface area contributed by atoms with Gasteiger partial charge in [-0.15, -0.1) is 0 Å². The van der Waals surface area contributed by atoms with Crippen LogP contribution in [-0.4, -0.2) is 39.9 Å². The lowest BCUT2D eigenvalue weighted by atomic mass is 9.82. The number of ether oxygens (including phenoxy) is 1. The zero-order valence-corrected chi connectivity index (χ0v) is 11.6. The number of fused-ring (bicyclic) bond motifs is 1. The van der Waals surface area contributed by atoms with Crippen LogP contribution in [0.25, 0.3) is 0 Å². The number of hydrogen-bond acceptors (Lipinski definition) is 3. The van der Waals surface area contributed by atoms with E-state index in [2.05, 4.69) is 0 Å². The van der Waals surface area contributed by atoms with Crippen LogP contribution in [0.2, 0.25) is 5.02 Å². The van der Waals surface area contributed by atoms with E-state index in [-0.39, 0.29) is 0 Å². The smallest absolute Gasteiger partial charge is 0.407 e. The van der Waals surface area contributed by atoms with E-state index in [0.717, 1.165) is 0 Å². The number of nitrogens with zero attached hydrogens (tertiary/aromatic N) is 1. The number of likely N-dealkylation sites (tertiary alicyclic amines) is 1. The first-order valence-electron chi connectivity index (χ1n) is 6.64. The summed E-state index contributed by atoms with van der Waals surface area (Å²) in [6.07, 6.45) is 0.0606. The van der Waals surface area contributed by atoms with Crippen molar-refractivity contribution in [3.8, 4) is 5.75 Å². The highest BCUT2D eigenvalue weighted by molar-refractivity contribution is 6.31. The van der Waals surface area contributed by atoms with Gasteiger partial charge in [0.15, 0.2) is 0 Å². The summed E-state index contributed by atoms with van der Waals surface area (Å²) >= 11 is 6.10. The molecular formula is C14H16ClNO4. The molecule has 1 unspecified atom stereocenters. The molecule has 0 radical (unpaired) electrons. The van der Waals surface area contributed by atoms with E-state index in [1.165, 1.54) is 4.90 Å². The van der Waals surface area contributed by atoms with Crippen LogP contribution in [0.5, 0.6) is 5.75 Å². The molecule has 3 rings (SSSR count). The predicted octanol–water partition coefficient (Wildman–Crippen LogP) is 2.67. The van der Waals surface area contributed by atoms with Gasteiger partial charge in [-0.2, -0.15) is 0 Å². The van der Waals surface area contributed by atoms with Crippen molar-refractivity contribution in [2.75, 3.05) is 13.1 Å². The van der Waals surface area contributed by atoms with Crippen molar-refractivity contribution in [2.45, 2.75) is 31.0 Å². The molecule has 1 aromatic carbocycles. The van der Waals surface area contributed by atoms with Crippen molar-refractivity contribution in [3.63, 3.8) is 0 Å². The molecule has 6 heteroatoms. The summed E-state index contributed by atoms with van der Waals surface area (Å²) < 4.78 is 6.08. The van der Waals surface area contributed by atoms with Crippen molar-refractivity contribution < 1.29 is 19.7 Å². The molecule has 1 aromatic rings. The lowest BCUT2D eigenvalue weighted by Crippen LogP contribution is -2.51. The Morgan fingerprint density at radius 3 is 2.75 bits per heavy atom. The van der Waals surface area contributed by atoms with Crippen molar-refractivity contribution in [2.24, 2.45) is 0 Å². The Morgan fingerprint density at radius 2 is 2.10 bits per heavy atom. The zero-order valence-electron chi connectivity index (χ0n) is 10.9. The average Bonchev–Trinajstić information content (AvgIpc) is 2.38. The highest BCUT2D eigenvalue weighted by Crippen LogP contribution is 2.46. The van der Waals surface area contributed by atoms with Gasteiger partial charge in [0.25, 0.3) is 0 Å². The Balaban J connectivity index is 1.84. The molecule has 2 aliphatic heterocycles. The van der Waals surface area contributed by atoms with Crippen molar-refractivity contribution in [3.05, 3.63) is 28.8 Å². The van der Waals surface area contributed by atoms with E-state index in [1.54, 1.807) is 18.2 Å². The summed E-state index contributed by atoms with van der Waals surface area (Å²) in [7, 11) is 0. The number of carbonyl (C=O) groups is 1. The van der Waals surface area contributed by atoms with Crippen LogP contribution in [0, 0.1) is 0 Å². The molecule has 1 amide bonds. The summed E-state index contributed by atoms with van der Waals surface area (Å²) in [6, 6.07) is 5.33.